The number of aromatic nitrogens is 3. The summed E-state index contributed by atoms with van der Waals surface area (Å²) in [6, 6.07) is 4.57. The fourth-order valence-electron chi connectivity index (χ4n) is 2.88. The van der Waals surface area contributed by atoms with E-state index in [2.05, 4.69) is 32.3 Å². The van der Waals surface area contributed by atoms with E-state index in [1.807, 2.05) is 26.0 Å². The zero-order chi connectivity index (χ0) is 15.5. The number of piperidine rings is 1. The Kier molecular flexibility index (Phi) is 4.38. The molecular weight excluding hydrogens is 278 g/mol. The molecule has 1 aliphatic heterocycles. The van der Waals surface area contributed by atoms with Gasteiger partial charge in [0.15, 0.2) is 5.82 Å². The van der Waals surface area contributed by atoms with Gasteiger partial charge >= 0.3 is 0 Å². The monoisotopic (exact) mass is 301 g/mol. The summed E-state index contributed by atoms with van der Waals surface area (Å²) in [4.78, 5) is 6.60. The fraction of sp³-hybridized carbons (Fsp3) is 0.562. The van der Waals surface area contributed by atoms with Gasteiger partial charge in [-0.3, -0.25) is 0 Å². The Morgan fingerprint density at radius 2 is 2.18 bits per heavy atom. The first-order valence-electron chi connectivity index (χ1n) is 7.85. The Bertz CT molecular complexity index is 609. The number of hydrogen-bond donors (Lipinski definition) is 1. The highest BCUT2D eigenvalue weighted by atomic mass is 16.4. The van der Waals surface area contributed by atoms with Crippen LogP contribution < -0.4 is 10.2 Å². The van der Waals surface area contributed by atoms with Gasteiger partial charge in [0.25, 0.3) is 0 Å². The largest absolute Gasteiger partial charge is 0.444 e. The van der Waals surface area contributed by atoms with E-state index >= 15 is 0 Å². The number of hydrogen-bond acceptors (Lipinski definition) is 6. The van der Waals surface area contributed by atoms with Crippen molar-refractivity contribution in [1.29, 1.82) is 0 Å². The quantitative estimate of drug-likeness (QED) is 0.935. The van der Waals surface area contributed by atoms with E-state index in [9.17, 15) is 0 Å². The number of nitrogens with zero attached hydrogens (tertiary/aromatic N) is 4. The van der Waals surface area contributed by atoms with Crippen LogP contribution in [0.4, 0.5) is 5.82 Å². The van der Waals surface area contributed by atoms with Gasteiger partial charge < -0.3 is 14.6 Å². The molecule has 3 heterocycles. The first-order valence-corrected chi connectivity index (χ1v) is 7.85. The molecule has 1 fully saturated rings. The molecule has 0 aromatic carbocycles. The Morgan fingerprint density at radius 3 is 2.86 bits per heavy atom. The average Bonchev–Trinajstić information content (AvgIpc) is 2.95. The lowest BCUT2D eigenvalue weighted by molar-refractivity contribution is 0.340. The van der Waals surface area contributed by atoms with E-state index in [0.29, 0.717) is 6.04 Å². The summed E-state index contributed by atoms with van der Waals surface area (Å²) in [5.41, 5.74) is 0.948. The second kappa shape index (κ2) is 6.44. The van der Waals surface area contributed by atoms with Crippen LogP contribution in [0.3, 0.4) is 0 Å². The molecule has 2 aromatic heterocycles. The van der Waals surface area contributed by atoms with Gasteiger partial charge in [0.05, 0.1) is 17.9 Å². The van der Waals surface area contributed by atoms with Crippen molar-refractivity contribution in [3.63, 3.8) is 0 Å². The lowest BCUT2D eigenvalue weighted by Gasteiger charge is -2.34. The molecule has 6 heteroatoms. The van der Waals surface area contributed by atoms with Crippen LogP contribution in [-0.4, -0.2) is 34.3 Å². The van der Waals surface area contributed by atoms with Crippen LogP contribution in [0.5, 0.6) is 0 Å². The van der Waals surface area contributed by atoms with Crippen molar-refractivity contribution in [3.8, 4) is 0 Å². The minimum atomic E-state index is 0.114. The molecule has 1 aliphatic rings. The van der Waals surface area contributed by atoms with Gasteiger partial charge in [-0.1, -0.05) is 0 Å². The van der Waals surface area contributed by atoms with Crippen molar-refractivity contribution in [1.82, 2.24) is 20.5 Å². The highest BCUT2D eigenvalue weighted by Crippen LogP contribution is 2.20. The number of rotatable bonds is 4. The topological polar surface area (TPSA) is 67.1 Å². The van der Waals surface area contributed by atoms with Crippen molar-refractivity contribution in [3.05, 3.63) is 35.7 Å². The molecule has 0 saturated carbocycles. The molecule has 0 spiro atoms. The summed E-state index contributed by atoms with van der Waals surface area (Å²) < 4.78 is 5.60. The Hall–Kier alpha value is -1.95. The van der Waals surface area contributed by atoms with Crippen LogP contribution in [0.2, 0.25) is 0 Å². The zero-order valence-electron chi connectivity index (χ0n) is 13.4. The first-order chi connectivity index (χ1) is 10.6. The molecule has 1 saturated heterocycles. The molecule has 0 amide bonds. The van der Waals surface area contributed by atoms with E-state index in [1.165, 1.54) is 0 Å². The fourth-order valence-corrected chi connectivity index (χ4v) is 2.88. The molecule has 22 heavy (non-hydrogen) atoms. The molecule has 2 atom stereocenters. The summed E-state index contributed by atoms with van der Waals surface area (Å²) in [7, 11) is 0. The number of nitrogens with one attached hydrogen (secondary N) is 1. The van der Waals surface area contributed by atoms with Crippen molar-refractivity contribution in [2.75, 3.05) is 18.0 Å². The predicted molar refractivity (Wildman–Crippen MR) is 84.8 cm³/mol. The van der Waals surface area contributed by atoms with E-state index in [0.717, 1.165) is 49.1 Å². The van der Waals surface area contributed by atoms with Gasteiger partial charge in [0, 0.05) is 19.1 Å². The van der Waals surface area contributed by atoms with Gasteiger partial charge in [-0.05, 0) is 45.7 Å². The molecule has 2 unspecified atom stereocenters. The van der Waals surface area contributed by atoms with Crippen LogP contribution in [0, 0.1) is 13.8 Å². The third-order valence-corrected chi connectivity index (χ3v) is 4.02. The number of anilines is 1. The molecule has 1 N–H and O–H groups in total. The summed E-state index contributed by atoms with van der Waals surface area (Å²) in [6.07, 6.45) is 4.06. The summed E-state index contributed by atoms with van der Waals surface area (Å²) >= 11 is 0. The van der Waals surface area contributed by atoms with Gasteiger partial charge in [-0.2, -0.15) is 5.10 Å². The van der Waals surface area contributed by atoms with Gasteiger partial charge in [-0.25, -0.2) is 4.98 Å². The van der Waals surface area contributed by atoms with Gasteiger partial charge in [0.2, 0.25) is 5.89 Å². The van der Waals surface area contributed by atoms with Crippen molar-refractivity contribution >= 4 is 5.82 Å². The lowest BCUT2D eigenvalue weighted by Crippen LogP contribution is -2.46. The highest BCUT2D eigenvalue weighted by molar-refractivity contribution is 5.38. The molecule has 0 bridgehead atoms. The van der Waals surface area contributed by atoms with Crippen molar-refractivity contribution in [2.45, 2.75) is 45.7 Å². The van der Waals surface area contributed by atoms with E-state index in [1.54, 1.807) is 6.20 Å². The van der Waals surface area contributed by atoms with Crippen LogP contribution in [0.1, 0.15) is 43.2 Å². The molecule has 118 valence electrons. The number of oxazole rings is 1. The molecular formula is C16H23N5O. The van der Waals surface area contributed by atoms with Crippen LogP contribution in [-0.2, 0) is 0 Å². The maximum absolute atomic E-state index is 5.60. The molecule has 0 aliphatic carbocycles. The van der Waals surface area contributed by atoms with Crippen LogP contribution in [0.15, 0.2) is 22.7 Å². The van der Waals surface area contributed by atoms with Crippen molar-refractivity contribution < 1.29 is 4.42 Å². The second-order valence-corrected chi connectivity index (χ2v) is 6.02. The number of aryl methyl sites for hydroxylation is 2. The highest BCUT2D eigenvalue weighted by Gasteiger charge is 2.24. The predicted octanol–water partition coefficient (Wildman–Crippen LogP) is 2.40. The minimum Gasteiger partial charge on any atom is -0.444 e. The van der Waals surface area contributed by atoms with E-state index in [4.69, 9.17) is 4.42 Å². The smallest absolute Gasteiger partial charge is 0.211 e. The zero-order valence-corrected chi connectivity index (χ0v) is 13.4. The molecule has 3 rings (SSSR count). The van der Waals surface area contributed by atoms with E-state index < -0.39 is 0 Å². The average molecular weight is 301 g/mol. The maximum Gasteiger partial charge on any atom is 0.211 e. The third-order valence-electron chi connectivity index (χ3n) is 4.02. The molecule has 6 nitrogen and oxygen atoms in total. The van der Waals surface area contributed by atoms with Crippen molar-refractivity contribution in [2.24, 2.45) is 0 Å². The van der Waals surface area contributed by atoms with Gasteiger partial charge in [0.1, 0.15) is 5.76 Å². The minimum absolute atomic E-state index is 0.114. The lowest BCUT2D eigenvalue weighted by atomic mass is 10.0. The van der Waals surface area contributed by atoms with Crippen LogP contribution >= 0.6 is 0 Å². The molecule has 2 aromatic rings. The SMILES string of the molecule is Cc1ccc(N2CCCC(NC(C)c3ncc(C)o3)C2)nn1. The Balaban J connectivity index is 1.62. The van der Waals surface area contributed by atoms with Gasteiger partial charge in [-0.15, -0.1) is 5.10 Å². The second-order valence-electron chi connectivity index (χ2n) is 6.02. The summed E-state index contributed by atoms with van der Waals surface area (Å²) in [5, 5.41) is 12.1. The standard InChI is InChI=1S/C16H23N5O/c1-11-6-7-15(20-19-11)21-8-4-5-14(10-21)18-13(3)16-17-9-12(2)22-16/h6-7,9,13-14,18H,4-5,8,10H2,1-3H3. The normalized spacial score (nSPS) is 20.1. The van der Waals surface area contributed by atoms with E-state index in [-0.39, 0.29) is 6.04 Å². The summed E-state index contributed by atoms with van der Waals surface area (Å²) in [5.74, 6) is 2.56. The third kappa shape index (κ3) is 3.44. The summed E-state index contributed by atoms with van der Waals surface area (Å²) in [6.45, 7) is 7.93. The first kappa shape index (κ1) is 15.0. The maximum atomic E-state index is 5.60. The Labute approximate surface area is 130 Å². The van der Waals surface area contributed by atoms with Crippen LogP contribution in [0.25, 0.3) is 0 Å². The Morgan fingerprint density at radius 1 is 1.32 bits per heavy atom. The molecule has 0 radical (unpaired) electrons.